The van der Waals surface area contributed by atoms with Gasteiger partial charge in [-0.15, -0.1) is 11.3 Å². The molecule has 8 aliphatic heterocycles. The zero-order valence-electron chi connectivity index (χ0n) is 46.8. The zero-order chi connectivity index (χ0) is 54.6. The van der Waals surface area contributed by atoms with Gasteiger partial charge in [-0.05, 0) is 88.5 Å². The molecule has 4 aromatic rings. The average molecular weight is 1100 g/mol. The van der Waals surface area contributed by atoms with Crippen molar-refractivity contribution >= 4 is 40.0 Å². The average Bonchev–Trinajstić information content (AvgIpc) is 4.25. The van der Waals surface area contributed by atoms with E-state index in [1.54, 1.807) is 12.1 Å². The SMILES string of the molecule is CO[C@@H](C)c1ncc(C#C[C@@H](C)N2CCOCC2)cc1-c1c2c3cc(ccc3n1CCOC1CCOCC1)-c1csc(n1)[C@@H](N1CC3(CCOCC3)C1)[C@H](NC(=O)[C@H]1OC[C@@H]1C)C(=O)N1N[C@H](C(=O)OCC(C)(C)C2)C2CC1C2. The zero-order valence-corrected chi connectivity index (χ0v) is 47.6. The largest absolute Gasteiger partial charge is 0.464 e. The lowest BCUT2D eigenvalue weighted by molar-refractivity contribution is -0.175. The molecule has 1 saturated carbocycles. The van der Waals surface area contributed by atoms with E-state index in [4.69, 9.17) is 43.1 Å². The topological polar surface area (TPSA) is 180 Å². The van der Waals surface area contributed by atoms with Crippen molar-refractivity contribution < 1.29 is 47.5 Å². The quantitative estimate of drug-likeness (QED) is 0.130. The highest BCUT2D eigenvalue weighted by Gasteiger charge is 2.56. The Morgan fingerprint density at radius 3 is 2.51 bits per heavy atom. The highest BCUT2D eigenvalue weighted by molar-refractivity contribution is 7.10. The second kappa shape index (κ2) is 22.8. The smallest absolute Gasteiger partial charge is 0.325 e. The van der Waals surface area contributed by atoms with E-state index in [1.165, 1.54) is 11.3 Å². The number of carbonyl (C=O) groups excluding carboxylic acids is 3. The number of carbonyl (C=O) groups is 3. The lowest BCUT2D eigenvalue weighted by atomic mass is 9.72. The van der Waals surface area contributed by atoms with Gasteiger partial charge in [0.2, 0.25) is 5.91 Å². The summed E-state index contributed by atoms with van der Waals surface area (Å²) < 4.78 is 44.6. The van der Waals surface area contributed by atoms with Crippen molar-refractivity contribution in [3.8, 4) is 34.4 Å². The third kappa shape index (κ3) is 11.0. The Hall–Kier alpha value is -4.85. The van der Waals surface area contributed by atoms with Gasteiger partial charge in [0.15, 0.2) is 0 Å². The summed E-state index contributed by atoms with van der Waals surface area (Å²) in [6.07, 6.45) is 6.30. The first-order valence-corrected chi connectivity index (χ1v) is 29.8. The Kier molecular flexibility index (Phi) is 15.8. The van der Waals surface area contributed by atoms with Crippen molar-refractivity contribution in [3.63, 3.8) is 0 Å². The summed E-state index contributed by atoms with van der Waals surface area (Å²) >= 11 is 1.51. The van der Waals surface area contributed by atoms with Crippen molar-refractivity contribution in [1.29, 1.82) is 0 Å². The van der Waals surface area contributed by atoms with Crippen LogP contribution in [0.3, 0.4) is 0 Å². The summed E-state index contributed by atoms with van der Waals surface area (Å²) in [5.74, 6) is 6.03. The van der Waals surface area contributed by atoms with Crippen molar-refractivity contribution in [3.05, 3.63) is 57.7 Å². The molecule has 7 atom stereocenters. The van der Waals surface area contributed by atoms with E-state index >= 15 is 4.79 Å². The summed E-state index contributed by atoms with van der Waals surface area (Å²) in [6.45, 7) is 19.3. The number of nitrogens with one attached hydrogen (secondary N) is 2. The molecular weight excluding hydrogens is 1020 g/mol. The molecule has 7 saturated heterocycles. The number of rotatable bonds is 11. The second-order valence-corrected chi connectivity index (χ2v) is 25.3. The minimum absolute atomic E-state index is 0.000820. The number of thiazole rings is 1. The van der Waals surface area contributed by atoms with Gasteiger partial charge in [0, 0.05) is 128 Å². The van der Waals surface area contributed by atoms with Gasteiger partial charge in [0.1, 0.15) is 23.2 Å². The van der Waals surface area contributed by atoms with Crippen LogP contribution in [-0.2, 0) is 60.5 Å². The van der Waals surface area contributed by atoms with Gasteiger partial charge in [-0.1, -0.05) is 38.7 Å². The summed E-state index contributed by atoms with van der Waals surface area (Å²) in [5, 5.41) is 8.73. The molecule has 9 aliphatic rings. The summed E-state index contributed by atoms with van der Waals surface area (Å²) in [5.41, 5.74) is 10.1. The van der Waals surface area contributed by atoms with Crippen LogP contribution in [-0.4, -0.2) is 176 Å². The van der Waals surface area contributed by atoms with Gasteiger partial charge in [0.05, 0.1) is 74.4 Å². The lowest BCUT2D eigenvalue weighted by Crippen LogP contribution is -2.73. The number of amides is 2. The molecule has 2 amide bonds. The van der Waals surface area contributed by atoms with Crippen molar-refractivity contribution in [2.45, 2.75) is 135 Å². The van der Waals surface area contributed by atoms with Gasteiger partial charge in [-0.2, -0.15) is 0 Å². The molecule has 0 unspecified atom stereocenters. The first kappa shape index (κ1) is 54.7. The van der Waals surface area contributed by atoms with E-state index in [9.17, 15) is 9.59 Å². The minimum atomic E-state index is -1.03. The van der Waals surface area contributed by atoms with E-state index in [0.717, 1.165) is 107 Å². The van der Waals surface area contributed by atoms with Crippen LogP contribution in [0.25, 0.3) is 33.4 Å². The number of fused-ring (bicyclic) bond motifs is 4. The standard InChI is InChI=1S/C60H78N8O10S/c1-36-31-77-54(36)55(69)63-51-53(66-33-60(34-66)13-20-74-21-14-60)56-62-47(32-79-56)40-9-10-48-44(28-40)46(29-59(4,5)35-78-58(71)50-41-26-42(27-41)68(64-50)57(51)70)52(67(48)17-24-76-43-11-18-73-19-12-43)45-25-39(30-61-49(45)38(3)72-6)8-7-37(2)65-15-22-75-23-16-65/h9-10,25,28,30,32,36-38,41-43,50-51,53-54,64H,11-24,26-27,29,31,33-35H2,1-6H3,(H,63,69)/t36-,37+,38-,41?,42?,50-,51-,53-,54-/m0/s1. The number of hydrogen-bond acceptors (Lipinski definition) is 16. The highest BCUT2D eigenvalue weighted by atomic mass is 32.1. The number of pyridine rings is 1. The number of hydrogen-bond donors (Lipinski definition) is 2. The van der Waals surface area contributed by atoms with Crippen LogP contribution in [0.15, 0.2) is 35.8 Å². The Labute approximate surface area is 467 Å². The van der Waals surface area contributed by atoms with Crippen molar-refractivity contribution in [1.82, 2.24) is 40.1 Å². The molecule has 18 nitrogen and oxygen atoms in total. The molecule has 2 N–H and O–H groups in total. The number of benzene rings is 1. The fourth-order valence-corrected chi connectivity index (χ4v) is 14.3. The third-order valence-electron chi connectivity index (χ3n) is 18.2. The molecule has 0 radical (unpaired) electrons. The number of aromatic nitrogens is 3. The number of hydrazine groups is 1. The molecule has 79 heavy (non-hydrogen) atoms. The molecule has 3 aromatic heterocycles. The Morgan fingerprint density at radius 1 is 1.01 bits per heavy atom. The molecule has 1 aliphatic carbocycles. The fourth-order valence-electron chi connectivity index (χ4n) is 13.3. The molecule has 424 valence electrons. The van der Waals surface area contributed by atoms with Gasteiger partial charge >= 0.3 is 5.97 Å². The molecule has 1 aromatic carbocycles. The predicted octanol–water partition coefficient (Wildman–Crippen LogP) is 6.09. The second-order valence-electron chi connectivity index (χ2n) is 24.4. The number of ether oxygens (including phenoxy) is 7. The fraction of sp³-hybridized carbons (Fsp3) is 0.650. The maximum atomic E-state index is 15.5. The van der Waals surface area contributed by atoms with Crippen molar-refractivity contribution in [2.24, 2.45) is 22.7 Å². The van der Waals surface area contributed by atoms with Gasteiger partial charge in [-0.25, -0.2) is 10.4 Å². The molecule has 19 heteroatoms. The number of methoxy groups -OCH3 is 1. The van der Waals surface area contributed by atoms with E-state index in [0.29, 0.717) is 78.7 Å². The van der Waals surface area contributed by atoms with Crippen LogP contribution in [0.4, 0.5) is 0 Å². The number of esters is 1. The number of morpholine rings is 1. The van der Waals surface area contributed by atoms with Crippen LogP contribution in [0, 0.1) is 34.5 Å². The van der Waals surface area contributed by atoms with E-state index in [-0.39, 0.29) is 60.0 Å². The number of cyclic esters (lactones) is 1. The van der Waals surface area contributed by atoms with Gasteiger partial charge in [0.25, 0.3) is 5.91 Å². The first-order chi connectivity index (χ1) is 38.2. The number of nitrogens with zero attached hydrogens (tertiary/aromatic N) is 6. The molecule has 13 rings (SSSR count). The maximum Gasteiger partial charge on any atom is 0.325 e. The molecule has 1 spiro atoms. The van der Waals surface area contributed by atoms with Gasteiger partial charge in [-0.3, -0.25) is 34.2 Å². The molecule has 8 fully saturated rings. The third-order valence-corrected chi connectivity index (χ3v) is 19.2. The summed E-state index contributed by atoms with van der Waals surface area (Å²) in [7, 11) is 1.71. The van der Waals surface area contributed by atoms with Crippen molar-refractivity contribution in [2.75, 3.05) is 92.8 Å². The van der Waals surface area contributed by atoms with E-state index < -0.39 is 35.6 Å². The lowest BCUT2D eigenvalue weighted by Gasteiger charge is -2.57. The van der Waals surface area contributed by atoms with Crippen LogP contribution in [0.5, 0.6) is 0 Å². The Morgan fingerprint density at radius 2 is 1.77 bits per heavy atom. The number of likely N-dealkylation sites (tertiary alicyclic amines) is 1. The first-order valence-electron chi connectivity index (χ1n) is 28.9. The monoisotopic (exact) mass is 1100 g/mol. The predicted molar refractivity (Wildman–Crippen MR) is 297 cm³/mol. The minimum Gasteiger partial charge on any atom is -0.464 e. The molecular formula is C60H78N8O10S. The van der Waals surface area contributed by atoms with E-state index in [2.05, 4.69) is 87.4 Å². The Bertz CT molecular complexity index is 2960. The van der Waals surface area contributed by atoms with Gasteiger partial charge < -0.3 is 43.0 Å². The van der Waals surface area contributed by atoms with E-state index in [1.807, 2.05) is 20.0 Å². The highest BCUT2D eigenvalue weighted by Crippen LogP contribution is 2.48. The Balaban J connectivity index is 1.01. The normalized spacial score (nSPS) is 29.0. The van der Waals surface area contributed by atoms with Crippen LogP contribution in [0.2, 0.25) is 0 Å². The summed E-state index contributed by atoms with van der Waals surface area (Å²) in [4.78, 5) is 59.8. The molecule has 11 heterocycles. The van der Waals surface area contributed by atoms with Crippen LogP contribution in [0.1, 0.15) is 107 Å². The summed E-state index contributed by atoms with van der Waals surface area (Å²) in [6, 6.07) is 6.25. The van der Waals surface area contributed by atoms with Crippen LogP contribution >= 0.6 is 11.3 Å². The molecule has 8 bridgehead atoms. The van der Waals surface area contributed by atoms with Crippen LogP contribution < -0.4 is 10.7 Å². The maximum absolute atomic E-state index is 15.5.